The van der Waals surface area contributed by atoms with Gasteiger partial charge in [0.25, 0.3) is 9.04 Å². The molecule has 0 aromatic heterocycles. The van der Waals surface area contributed by atoms with Crippen molar-refractivity contribution in [3.63, 3.8) is 0 Å². The summed E-state index contributed by atoms with van der Waals surface area (Å²) < 4.78 is 11.9. The Morgan fingerprint density at radius 3 is 1.95 bits per heavy atom. The SMILES string of the molecule is CO[Si](c1ccccc1)c1ccccc1Oc1ccccc1. The van der Waals surface area contributed by atoms with Crippen LogP contribution in [-0.4, -0.2) is 16.2 Å². The molecule has 0 saturated carbocycles. The molecule has 109 valence electrons. The molecule has 3 heteroatoms. The number of ether oxygens (including phenoxy) is 1. The van der Waals surface area contributed by atoms with Crippen molar-refractivity contribution in [2.24, 2.45) is 0 Å². The molecule has 3 rings (SSSR count). The van der Waals surface area contributed by atoms with E-state index in [1.54, 1.807) is 7.11 Å². The number of rotatable bonds is 5. The molecule has 0 aliphatic heterocycles. The van der Waals surface area contributed by atoms with Gasteiger partial charge in [-0.15, -0.1) is 0 Å². The molecule has 0 heterocycles. The van der Waals surface area contributed by atoms with Crippen LogP contribution in [0.2, 0.25) is 0 Å². The Kier molecular flexibility index (Phi) is 4.68. The smallest absolute Gasteiger partial charge is 0.286 e. The zero-order valence-electron chi connectivity index (χ0n) is 12.4. The highest BCUT2D eigenvalue weighted by atomic mass is 28.3. The molecule has 0 aliphatic rings. The molecule has 0 N–H and O–H groups in total. The lowest BCUT2D eigenvalue weighted by Crippen LogP contribution is -2.44. The number of hydrogen-bond donors (Lipinski definition) is 0. The average molecular weight is 305 g/mol. The van der Waals surface area contributed by atoms with Gasteiger partial charge in [0, 0.05) is 12.3 Å². The molecule has 3 aromatic carbocycles. The van der Waals surface area contributed by atoms with Crippen LogP contribution in [0.5, 0.6) is 11.5 Å². The second-order valence-corrected chi connectivity index (χ2v) is 6.99. The molecule has 0 aliphatic carbocycles. The molecule has 0 fully saturated rings. The Morgan fingerprint density at radius 1 is 0.682 bits per heavy atom. The first kappa shape index (κ1) is 14.6. The van der Waals surface area contributed by atoms with Crippen LogP contribution in [0, 0.1) is 0 Å². The van der Waals surface area contributed by atoms with Crippen LogP contribution in [-0.2, 0) is 4.43 Å². The van der Waals surface area contributed by atoms with Gasteiger partial charge in [-0.3, -0.25) is 0 Å². The molecule has 3 aromatic rings. The first-order valence-corrected chi connectivity index (χ1v) is 8.58. The Labute approximate surface area is 132 Å². The standard InChI is InChI=1S/C19H17O2Si/c1-20-22(17-12-6-3-7-13-17)19-15-9-8-14-18(19)21-16-10-4-2-5-11-16/h2-15H,1H3. The average Bonchev–Trinajstić information content (AvgIpc) is 2.59. The summed E-state index contributed by atoms with van der Waals surface area (Å²) >= 11 is 0. The van der Waals surface area contributed by atoms with Crippen molar-refractivity contribution in [1.82, 2.24) is 0 Å². The van der Waals surface area contributed by atoms with Crippen LogP contribution >= 0.6 is 0 Å². The van der Waals surface area contributed by atoms with E-state index in [1.165, 1.54) is 5.19 Å². The van der Waals surface area contributed by atoms with Gasteiger partial charge in [0.05, 0.1) is 0 Å². The van der Waals surface area contributed by atoms with Crippen molar-refractivity contribution >= 4 is 19.4 Å². The summed E-state index contributed by atoms with van der Waals surface area (Å²) in [4.78, 5) is 0. The maximum atomic E-state index is 6.06. The van der Waals surface area contributed by atoms with Gasteiger partial charge in [0.1, 0.15) is 11.5 Å². The minimum Gasteiger partial charge on any atom is -0.457 e. The summed E-state index contributed by atoms with van der Waals surface area (Å²) in [7, 11) is 0.452. The van der Waals surface area contributed by atoms with Crippen molar-refractivity contribution in [1.29, 1.82) is 0 Å². The fourth-order valence-corrected chi connectivity index (χ4v) is 4.20. The molecule has 0 saturated heterocycles. The summed E-state index contributed by atoms with van der Waals surface area (Å²) in [5.74, 6) is 1.69. The van der Waals surface area contributed by atoms with E-state index in [9.17, 15) is 0 Å². The fourth-order valence-electron chi connectivity index (χ4n) is 2.33. The third kappa shape index (κ3) is 3.27. The number of hydrogen-bond acceptors (Lipinski definition) is 2. The molecule has 0 atom stereocenters. The zero-order chi connectivity index (χ0) is 15.2. The van der Waals surface area contributed by atoms with Crippen LogP contribution in [0.3, 0.4) is 0 Å². The van der Waals surface area contributed by atoms with Crippen LogP contribution < -0.4 is 15.1 Å². The summed E-state index contributed by atoms with van der Waals surface area (Å²) in [6, 6.07) is 28.2. The number of para-hydroxylation sites is 2. The van der Waals surface area contributed by atoms with Gasteiger partial charge in [-0.2, -0.15) is 0 Å². The van der Waals surface area contributed by atoms with Gasteiger partial charge in [-0.05, 0) is 23.4 Å². The van der Waals surface area contributed by atoms with Crippen LogP contribution in [0.4, 0.5) is 0 Å². The molecule has 22 heavy (non-hydrogen) atoms. The minimum atomic E-state index is -1.31. The molecule has 2 nitrogen and oxygen atoms in total. The van der Waals surface area contributed by atoms with E-state index in [-0.39, 0.29) is 0 Å². The predicted octanol–water partition coefficient (Wildman–Crippen LogP) is 3.23. The second-order valence-electron chi connectivity index (χ2n) is 4.81. The lowest BCUT2D eigenvalue weighted by Gasteiger charge is -2.17. The Morgan fingerprint density at radius 2 is 1.27 bits per heavy atom. The third-order valence-electron chi connectivity index (χ3n) is 3.34. The monoisotopic (exact) mass is 305 g/mol. The summed E-state index contributed by atoms with van der Waals surface area (Å²) in [5, 5.41) is 2.32. The molecule has 0 bridgehead atoms. The zero-order valence-corrected chi connectivity index (χ0v) is 13.4. The van der Waals surface area contributed by atoms with E-state index < -0.39 is 9.04 Å². The second kappa shape index (κ2) is 7.07. The van der Waals surface area contributed by atoms with E-state index >= 15 is 0 Å². The fraction of sp³-hybridized carbons (Fsp3) is 0.0526. The van der Waals surface area contributed by atoms with Gasteiger partial charge in [-0.1, -0.05) is 66.7 Å². The van der Waals surface area contributed by atoms with Gasteiger partial charge in [0.15, 0.2) is 0 Å². The van der Waals surface area contributed by atoms with Gasteiger partial charge in [-0.25, -0.2) is 0 Å². The minimum absolute atomic E-state index is 0.834. The van der Waals surface area contributed by atoms with Gasteiger partial charge in [0.2, 0.25) is 0 Å². The highest BCUT2D eigenvalue weighted by Gasteiger charge is 2.21. The van der Waals surface area contributed by atoms with Crippen LogP contribution in [0.15, 0.2) is 84.9 Å². The summed E-state index contributed by atoms with van der Waals surface area (Å²) in [6.07, 6.45) is 0. The first-order valence-electron chi connectivity index (χ1n) is 7.17. The predicted molar refractivity (Wildman–Crippen MR) is 91.4 cm³/mol. The Balaban J connectivity index is 1.96. The normalized spacial score (nSPS) is 10.6. The van der Waals surface area contributed by atoms with E-state index in [4.69, 9.17) is 9.16 Å². The maximum absolute atomic E-state index is 6.06. The van der Waals surface area contributed by atoms with Crippen LogP contribution in [0.25, 0.3) is 0 Å². The largest absolute Gasteiger partial charge is 0.457 e. The van der Waals surface area contributed by atoms with Crippen molar-refractivity contribution in [3.8, 4) is 11.5 Å². The lowest BCUT2D eigenvalue weighted by molar-refractivity contribution is 0.435. The van der Waals surface area contributed by atoms with Crippen LogP contribution in [0.1, 0.15) is 0 Å². The van der Waals surface area contributed by atoms with Gasteiger partial charge < -0.3 is 9.16 Å². The molecular weight excluding hydrogens is 288 g/mol. The van der Waals surface area contributed by atoms with Crippen molar-refractivity contribution in [3.05, 3.63) is 84.9 Å². The van der Waals surface area contributed by atoms with Crippen molar-refractivity contribution in [2.45, 2.75) is 0 Å². The Hall–Kier alpha value is -2.36. The third-order valence-corrected chi connectivity index (χ3v) is 5.51. The van der Waals surface area contributed by atoms with E-state index in [1.807, 2.05) is 66.7 Å². The molecule has 0 unspecified atom stereocenters. The lowest BCUT2D eigenvalue weighted by atomic mass is 10.3. The highest BCUT2D eigenvalue weighted by molar-refractivity contribution is 6.80. The topological polar surface area (TPSA) is 18.5 Å². The molecular formula is C19H17O2Si. The maximum Gasteiger partial charge on any atom is 0.286 e. The van der Waals surface area contributed by atoms with Crippen molar-refractivity contribution in [2.75, 3.05) is 7.11 Å². The molecule has 1 radical (unpaired) electrons. The van der Waals surface area contributed by atoms with Gasteiger partial charge >= 0.3 is 0 Å². The quantitative estimate of drug-likeness (QED) is 0.674. The van der Waals surface area contributed by atoms with E-state index in [0.29, 0.717) is 0 Å². The Bertz CT molecular complexity index is 714. The van der Waals surface area contributed by atoms with E-state index in [2.05, 4.69) is 18.2 Å². The molecule has 0 amide bonds. The highest BCUT2D eigenvalue weighted by Crippen LogP contribution is 2.19. The first-order chi connectivity index (χ1) is 10.9. The summed E-state index contributed by atoms with van der Waals surface area (Å²) in [6.45, 7) is 0. The summed E-state index contributed by atoms with van der Waals surface area (Å²) in [5.41, 5.74) is 0. The van der Waals surface area contributed by atoms with E-state index in [0.717, 1.165) is 16.7 Å². The number of benzene rings is 3. The molecule has 0 spiro atoms. The van der Waals surface area contributed by atoms with Crippen molar-refractivity contribution < 1.29 is 9.16 Å².